The minimum Gasteiger partial charge on any atom is -0.369 e. The Balaban J connectivity index is 1.33. The van der Waals surface area contributed by atoms with E-state index in [2.05, 4.69) is 20.8 Å². The Kier molecular flexibility index (Phi) is 6.86. The van der Waals surface area contributed by atoms with Crippen LogP contribution in [-0.2, 0) is 12.7 Å². The van der Waals surface area contributed by atoms with E-state index in [-0.39, 0.29) is 5.78 Å². The Hall–Kier alpha value is -2.38. The van der Waals surface area contributed by atoms with Gasteiger partial charge in [0.05, 0.1) is 5.56 Å². The van der Waals surface area contributed by atoms with Gasteiger partial charge in [0.15, 0.2) is 5.78 Å². The molecule has 0 spiro atoms. The van der Waals surface area contributed by atoms with Crippen LogP contribution >= 0.6 is 0 Å². The predicted molar refractivity (Wildman–Crippen MR) is 120 cm³/mol. The highest BCUT2D eigenvalue weighted by Gasteiger charge is 2.32. The molecule has 0 aromatic heterocycles. The highest BCUT2D eigenvalue weighted by molar-refractivity contribution is 5.94. The number of hydrogen-bond acceptors (Lipinski definition) is 4. The predicted octanol–water partition coefficient (Wildman–Crippen LogP) is 4.69. The number of halogens is 3. The number of piperazine rings is 1. The van der Waals surface area contributed by atoms with Gasteiger partial charge in [-0.1, -0.05) is 24.3 Å². The highest BCUT2D eigenvalue weighted by atomic mass is 19.4. The summed E-state index contributed by atoms with van der Waals surface area (Å²) in [7, 11) is 0. The van der Waals surface area contributed by atoms with Crippen molar-refractivity contribution in [2.24, 2.45) is 0 Å². The molecule has 0 unspecified atom stereocenters. The van der Waals surface area contributed by atoms with Crippen molar-refractivity contribution in [3.8, 4) is 0 Å². The summed E-state index contributed by atoms with van der Waals surface area (Å²) >= 11 is 0. The number of rotatable bonds is 5. The average Bonchev–Trinajstić information content (AvgIpc) is 2.79. The van der Waals surface area contributed by atoms with E-state index in [1.807, 2.05) is 18.2 Å². The number of benzene rings is 2. The largest absolute Gasteiger partial charge is 0.416 e. The van der Waals surface area contributed by atoms with Gasteiger partial charge in [-0.15, -0.1) is 0 Å². The molecule has 0 N–H and O–H groups in total. The fraction of sp³-hybridized carbons (Fsp3) is 0.480. The van der Waals surface area contributed by atoms with Gasteiger partial charge in [0.2, 0.25) is 0 Å². The molecule has 7 heteroatoms. The normalized spacial score (nSPS) is 21.0. The maximum absolute atomic E-state index is 13.0. The average molecular weight is 446 g/mol. The topological polar surface area (TPSA) is 26.8 Å². The van der Waals surface area contributed by atoms with Gasteiger partial charge >= 0.3 is 6.18 Å². The van der Waals surface area contributed by atoms with Crippen LogP contribution < -0.4 is 4.90 Å². The summed E-state index contributed by atoms with van der Waals surface area (Å²) < 4.78 is 39.1. The molecule has 2 aliphatic heterocycles. The van der Waals surface area contributed by atoms with E-state index < -0.39 is 11.7 Å². The van der Waals surface area contributed by atoms with Gasteiger partial charge < -0.3 is 4.90 Å². The van der Waals surface area contributed by atoms with Crippen molar-refractivity contribution in [2.45, 2.75) is 38.5 Å². The third kappa shape index (κ3) is 5.51. The molecule has 0 radical (unpaired) electrons. The lowest BCUT2D eigenvalue weighted by Crippen LogP contribution is -2.55. The summed E-state index contributed by atoms with van der Waals surface area (Å²) in [6.45, 7) is 7.63. The second-order valence-corrected chi connectivity index (χ2v) is 8.86. The maximum atomic E-state index is 13.0. The summed E-state index contributed by atoms with van der Waals surface area (Å²) in [6, 6.07) is 14.0. The van der Waals surface area contributed by atoms with E-state index in [4.69, 9.17) is 0 Å². The molecular formula is C25H30F3N3O. The van der Waals surface area contributed by atoms with Gasteiger partial charge in [-0.3, -0.25) is 14.6 Å². The number of nitrogens with zero attached hydrogens (tertiary/aromatic N) is 3. The maximum Gasteiger partial charge on any atom is 0.416 e. The van der Waals surface area contributed by atoms with Crippen LogP contribution in [-0.4, -0.2) is 60.9 Å². The van der Waals surface area contributed by atoms with Crippen LogP contribution in [0.2, 0.25) is 0 Å². The van der Waals surface area contributed by atoms with Crippen molar-refractivity contribution in [2.75, 3.05) is 44.2 Å². The van der Waals surface area contributed by atoms with Crippen LogP contribution in [0, 0.1) is 0 Å². The smallest absolute Gasteiger partial charge is 0.369 e. The molecule has 0 bridgehead atoms. The monoisotopic (exact) mass is 445 g/mol. The van der Waals surface area contributed by atoms with Crippen LogP contribution in [0.1, 0.15) is 41.3 Å². The third-order valence-corrected chi connectivity index (χ3v) is 6.59. The number of hydrogen-bond donors (Lipinski definition) is 0. The zero-order chi connectivity index (χ0) is 22.7. The molecule has 2 heterocycles. The first-order chi connectivity index (χ1) is 15.3. The summed E-state index contributed by atoms with van der Waals surface area (Å²) in [4.78, 5) is 18.7. The fourth-order valence-electron chi connectivity index (χ4n) is 4.84. The van der Waals surface area contributed by atoms with Crippen LogP contribution in [0.3, 0.4) is 0 Å². The van der Waals surface area contributed by atoms with Crippen molar-refractivity contribution in [1.82, 2.24) is 9.80 Å². The van der Waals surface area contributed by atoms with Crippen LogP contribution in [0.15, 0.2) is 48.5 Å². The van der Waals surface area contributed by atoms with E-state index in [0.717, 1.165) is 75.8 Å². The molecule has 2 aromatic rings. The summed E-state index contributed by atoms with van der Waals surface area (Å²) in [5.74, 6) is 0.0852. The number of anilines is 1. The van der Waals surface area contributed by atoms with Gasteiger partial charge in [0.25, 0.3) is 0 Å². The summed E-state index contributed by atoms with van der Waals surface area (Å²) in [6.07, 6.45) is -2.04. The lowest BCUT2D eigenvalue weighted by Gasteiger charge is -2.44. The van der Waals surface area contributed by atoms with Crippen LogP contribution in [0.5, 0.6) is 0 Å². The number of piperidine rings is 1. The molecule has 0 saturated carbocycles. The lowest BCUT2D eigenvalue weighted by molar-refractivity contribution is -0.137. The molecule has 2 aromatic carbocycles. The molecule has 1 atom stereocenters. The minimum absolute atomic E-state index is 0.0852. The number of Topliss-reactive ketones (excluding diaryl/α,β-unsaturated/α-hetero) is 1. The SMILES string of the molecule is CC(=O)c1cccc(CN2CCC[C@@H](N3CCN(c4cccc(C(F)(F)F)c4)CC3)C2)c1. The molecule has 2 saturated heterocycles. The minimum atomic E-state index is -4.31. The Bertz CT molecular complexity index is 938. The van der Waals surface area contributed by atoms with E-state index in [1.54, 1.807) is 13.0 Å². The van der Waals surface area contributed by atoms with Crippen molar-refractivity contribution < 1.29 is 18.0 Å². The third-order valence-electron chi connectivity index (χ3n) is 6.59. The first kappa shape index (κ1) is 22.8. The molecule has 2 fully saturated rings. The molecule has 4 rings (SSSR count). The Morgan fingerprint density at radius 3 is 2.47 bits per heavy atom. The zero-order valence-electron chi connectivity index (χ0n) is 18.4. The zero-order valence-corrected chi connectivity index (χ0v) is 18.4. The molecule has 0 amide bonds. The molecular weight excluding hydrogens is 415 g/mol. The lowest BCUT2D eigenvalue weighted by atomic mass is 10.0. The molecule has 0 aliphatic carbocycles. The van der Waals surface area contributed by atoms with E-state index in [9.17, 15) is 18.0 Å². The van der Waals surface area contributed by atoms with Crippen LogP contribution in [0.4, 0.5) is 18.9 Å². The van der Waals surface area contributed by atoms with E-state index >= 15 is 0 Å². The summed E-state index contributed by atoms with van der Waals surface area (Å²) in [5.41, 5.74) is 1.97. The number of carbonyl (C=O) groups is 1. The number of carbonyl (C=O) groups excluding carboxylic acids is 1. The fourth-order valence-corrected chi connectivity index (χ4v) is 4.84. The standard InChI is InChI=1S/C25H30F3N3O/c1-19(32)21-6-2-5-20(15-21)17-29-10-4-9-24(18-29)31-13-11-30(12-14-31)23-8-3-7-22(16-23)25(26,27)28/h2-3,5-8,15-16,24H,4,9-14,17-18H2,1H3/t24-/m1/s1. The second-order valence-electron chi connectivity index (χ2n) is 8.86. The van der Waals surface area contributed by atoms with Gasteiger partial charge in [-0.2, -0.15) is 13.2 Å². The van der Waals surface area contributed by atoms with Crippen molar-refractivity contribution in [3.63, 3.8) is 0 Å². The van der Waals surface area contributed by atoms with Crippen molar-refractivity contribution in [1.29, 1.82) is 0 Å². The Morgan fingerprint density at radius 1 is 1.00 bits per heavy atom. The van der Waals surface area contributed by atoms with Crippen LogP contribution in [0.25, 0.3) is 0 Å². The van der Waals surface area contributed by atoms with Gasteiger partial charge in [0, 0.05) is 56.6 Å². The van der Waals surface area contributed by atoms with E-state index in [1.165, 1.54) is 12.1 Å². The molecule has 2 aliphatic rings. The Labute approximate surface area is 187 Å². The molecule has 32 heavy (non-hydrogen) atoms. The number of likely N-dealkylation sites (tertiary alicyclic amines) is 1. The first-order valence-corrected chi connectivity index (χ1v) is 11.3. The second kappa shape index (κ2) is 9.63. The van der Waals surface area contributed by atoms with Crippen molar-refractivity contribution >= 4 is 11.5 Å². The van der Waals surface area contributed by atoms with E-state index in [0.29, 0.717) is 11.7 Å². The highest BCUT2D eigenvalue weighted by Crippen LogP contribution is 2.32. The van der Waals surface area contributed by atoms with Gasteiger partial charge in [-0.25, -0.2) is 0 Å². The number of alkyl halides is 3. The van der Waals surface area contributed by atoms with Gasteiger partial charge in [-0.05, 0) is 56.1 Å². The molecule has 172 valence electrons. The quantitative estimate of drug-likeness (QED) is 0.624. The van der Waals surface area contributed by atoms with Crippen molar-refractivity contribution in [3.05, 3.63) is 65.2 Å². The summed E-state index contributed by atoms with van der Waals surface area (Å²) in [5, 5.41) is 0. The van der Waals surface area contributed by atoms with Gasteiger partial charge in [0.1, 0.15) is 0 Å². The molecule has 4 nitrogen and oxygen atoms in total. The Morgan fingerprint density at radius 2 is 1.75 bits per heavy atom. The first-order valence-electron chi connectivity index (χ1n) is 11.3. The number of ketones is 1.